The van der Waals surface area contributed by atoms with E-state index in [1.807, 2.05) is 0 Å². The average molecular weight is 348 g/mol. The lowest BCUT2D eigenvalue weighted by Crippen LogP contribution is -2.37. The topological polar surface area (TPSA) is 64.4 Å². The summed E-state index contributed by atoms with van der Waals surface area (Å²) in [5.41, 5.74) is 0.226. The molecule has 0 aliphatic carbocycles. The monoisotopic (exact) mass is 348 g/mol. The summed E-state index contributed by atoms with van der Waals surface area (Å²) >= 11 is 1.30. The van der Waals surface area contributed by atoms with Crippen molar-refractivity contribution in [1.82, 2.24) is 10.3 Å². The maximum absolute atomic E-state index is 12.1. The van der Waals surface area contributed by atoms with Crippen LogP contribution in [0.4, 0.5) is 13.2 Å². The first-order valence-electron chi connectivity index (χ1n) is 6.73. The Bertz CT molecular complexity index is 653. The number of furan rings is 1. The van der Waals surface area contributed by atoms with Gasteiger partial charge in [-0.2, -0.15) is 13.2 Å². The van der Waals surface area contributed by atoms with Gasteiger partial charge >= 0.3 is 6.18 Å². The number of hydrogen-bond donors (Lipinski definition) is 1. The highest BCUT2D eigenvalue weighted by Crippen LogP contribution is 2.27. The van der Waals surface area contributed by atoms with E-state index in [-0.39, 0.29) is 12.3 Å². The normalized spacial score (nSPS) is 13.1. The standard InChI is InChI=1S/C14H15F3N2O3S/c1-8(6-21-7-14(15,16)17)18-12(20)11-9(2)23-13(19-11)10-4-3-5-22-10/h3-5,8H,6-7H2,1-2H3,(H,18,20)/t8-/m0/s1. The summed E-state index contributed by atoms with van der Waals surface area (Å²) in [6, 6.07) is 2.87. The van der Waals surface area contributed by atoms with Crippen LogP contribution < -0.4 is 5.32 Å². The van der Waals surface area contributed by atoms with E-state index in [1.54, 1.807) is 26.0 Å². The van der Waals surface area contributed by atoms with Crippen molar-refractivity contribution in [3.05, 3.63) is 29.0 Å². The zero-order chi connectivity index (χ0) is 17.0. The zero-order valence-corrected chi connectivity index (χ0v) is 13.3. The SMILES string of the molecule is Cc1sc(-c2ccco2)nc1C(=O)N[C@@H](C)COCC(F)(F)F. The predicted octanol–water partition coefficient (Wildman–Crippen LogP) is 3.41. The van der Waals surface area contributed by atoms with E-state index in [0.29, 0.717) is 15.6 Å². The Labute approximate surface area is 134 Å². The largest absolute Gasteiger partial charge is 0.462 e. The van der Waals surface area contributed by atoms with Gasteiger partial charge < -0.3 is 14.5 Å². The molecule has 2 rings (SSSR count). The number of rotatable bonds is 6. The molecule has 9 heteroatoms. The minimum Gasteiger partial charge on any atom is -0.462 e. The van der Waals surface area contributed by atoms with Crippen molar-refractivity contribution in [3.63, 3.8) is 0 Å². The van der Waals surface area contributed by atoms with Gasteiger partial charge in [-0.15, -0.1) is 11.3 Å². The maximum Gasteiger partial charge on any atom is 0.411 e. The summed E-state index contributed by atoms with van der Waals surface area (Å²) in [5, 5.41) is 3.13. The van der Waals surface area contributed by atoms with E-state index < -0.39 is 24.7 Å². The van der Waals surface area contributed by atoms with Gasteiger partial charge in [0.15, 0.2) is 10.8 Å². The van der Waals surface area contributed by atoms with Gasteiger partial charge in [-0.25, -0.2) is 4.98 Å². The van der Waals surface area contributed by atoms with Gasteiger partial charge in [-0.3, -0.25) is 4.79 Å². The van der Waals surface area contributed by atoms with Crippen LogP contribution in [0.15, 0.2) is 22.8 Å². The summed E-state index contributed by atoms with van der Waals surface area (Å²) in [4.78, 5) is 17.1. The Morgan fingerprint density at radius 2 is 2.26 bits per heavy atom. The predicted molar refractivity (Wildman–Crippen MR) is 78.4 cm³/mol. The number of aromatic nitrogens is 1. The first-order valence-corrected chi connectivity index (χ1v) is 7.54. The highest BCUT2D eigenvalue weighted by Gasteiger charge is 2.28. The van der Waals surface area contributed by atoms with E-state index >= 15 is 0 Å². The molecule has 0 spiro atoms. The van der Waals surface area contributed by atoms with Crippen molar-refractivity contribution >= 4 is 17.2 Å². The van der Waals surface area contributed by atoms with Gasteiger partial charge in [0, 0.05) is 10.9 Å². The van der Waals surface area contributed by atoms with Crippen molar-refractivity contribution in [2.45, 2.75) is 26.1 Å². The molecule has 0 aliphatic heterocycles. The third-order valence-electron chi connectivity index (χ3n) is 2.75. The first kappa shape index (κ1) is 17.5. The van der Waals surface area contributed by atoms with E-state index in [2.05, 4.69) is 15.0 Å². The van der Waals surface area contributed by atoms with E-state index in [0.717, 1.165) is 0 Å². The molecule has 1 N–H and O–H groups in total. The minimum absolute atomic E-state index is 0.226. The molecule has 2 aromatic rings. The molecular formula is C14H15F3N2O3S. The number of carbonyl (C=O) groups is 1. The molecule has 126 valence electrons. The lowest BCUT2D eigenvalue weighted by Gasteiger charge is -2.14. The Balaban J connectivity index is 1.93. The second-order valence-corrected chi connectivity index (χ2v) is 6.11. The number of amides is 1. The number of thiazole rings is 1. The van der Waals surface area contributed by atoms with Gasteiger partial charge in [-0.1, -0.05) is 0 Å². The number of hydrogen-bond acceptors (Lipinski definition) is 5. The van der Waals surface area contributed by atoms with Crippen molar-refractivity contribution in [3.8, 4) is 10.8 Å². The molecule has 0 aromatic carbocycles. The van der Waals surface area contributed by atoms with E-state index in [1.165, 1.54) is 17.6 Å². The fraction of sp³-hybridized carbons (Fsp3) is 0.429. The Kier molecular flexibility index (Phi) is 5.42. The third-order valence-corrected chi connectivity index (χ3v) is 3.74. The molecule has 0 unspecified atom stereocenters. The second-order valence-electron chi connectivity index (χ2n) is 4.91. The molecule has 5 nitrogen and oxygen atoms in total. The summed E-state index contributed by atoms with van der Waals surface area (Å²) in [6.07, 6.45) is -2.88. The number of nitrogens with one attached hydrogen (secondary N) is 1. The van der Waals surface area contributed by atoms with Crippen LogP contribution in [-0.2, 0) is 4.74 Å². The smallest absolute Gasteiger partial charge is 0.411 e. The van der Waals surface area contributed by atoms with Gasteiger partial charge in [-0.05, 0) is 26.0 Å². The first-order chi connectivity index (χ1) is 10.8. The average Bonchev–Trinajstić information content (AvgIpc) is 3.05. The summed E-state index contributed by atoms with van der Waals surface area (Å²) < 4.78 is 45.7. The number of halogens is 3. The van der Waals surface area contributed by atoms with E-state index in [4.69, 9.17) is 4.42 Å². The number of nitrogens with zero attached hydrogens (tertiary/aromatic N) is 1. The fourth-order valence-electron chi connectivity index (χ4n) is 1.80. The van der Waals surface area contributed by atoms with Gasteiger partial charge in [0.2, 0.25) is 0 Å². The van der Waals surface area contributed by atoms with Crippen molar-refractivity contribution in [2.75, 3.05) is 13.2 Å². The van der Waals surface area contributed by atoms with Gasteiger partial charge in [0.25, 0.3) is 5.91 Å². The molecule has 2 aromatic heterocycles. The van der Waals surface area contributed by atoms with Crippen LogP contribution in [0.3, 0.4) is 0 Å². The van der Waals surface area contributed by atoms with Crippen molar-refractivity contribution in [1.29, 1.82) is 0 Å². The maximum atomic E-state index is 12.1. The van der Waals surface area contributed by atoms with Crippen LogP contribution >= 0.6 is 11.3 Å². The molecule has 1 atom stereocenters. The lowest BCUT2D eigenvalue weighted by atomic mass is 10.3. The fourth-order valence-corrected chi connectivity index (χ4v) is 2.68. The van der Waals surface area contributed by atoms with Crippen LogP contribution in [-0.4, -0.2) is 36.3 Å². The Morgan fingerprint density at radius 3 is 2.87 bits per heavy atom. The van der Waals surface area contributed by atoms with Gasteiger partial charge in [0.1, 0.15) is 12.3 Å². The molecule has 0 saturated heterocycles. The number of alkyl halides is 3. The van der Waals surface area contributed by atoms with Crippen molar-refractivity contribution in [2.24, 2.45) is 0 Å². The van der Waals surface area contributed by atoms with Crippen LogP contribution in [0.5, 0.6) is 0 Å². The molecule has 0 radical (unpaired) electrons. The zero-order valence-electron chi connectivity index (χ0n) is 12.4. The molecular weight excluding hydrogens is 333 g/mol. The lowest BCUT2D eigenvalue weighted by molar-refractivity contribution is -0.174. The highest BCUT2D eigenvalue weighted by atomic mass is 32.1. The molecule has 2 heterocycles. The quantitative estimate of drug-likeness (QED) is 0.869. The Morgan fingerprint density at radius 1 is 1.52 bits per heavy atom. The summed E-state index contributed by atoms with van der Waals surface area (Å²) in [6.45, 7) is 1.72. The summed E-state index contributed by atoms with van der Waals surface area (Å²) in [7, 11) is 0. The van der Waals surface area contributed by atoms with Crippen LogP contribution in [0, 0.1) is 6.92 Å². The minimum atomic E-state index is -4.38. The highest BCUT2D eigenvalue weighted by molar-refractivity contribution is 7.15. The molecule has 0 saturated carbocycles. The van der Waals surface area contributed by atoms with Crippen LogP contribution in [0.1, 0.15) is 22.3 Å². The molecule has 1 amide bonds. The van der Waals surface area contributed by atoms with Crippen LogP contribution in [0.2, 0.25) is 0 Å². The molecule has 0 fully saturated rings. The number of aryl methyl sites for hydroxylation is 1. The second kappa shape index (κ2) is 7.14. The van der Waals surface area contributed by atoms with Crippen molar-refractivity contribution < 1.29 is 27.1 Å². The van der Waals surface area contributed by atoms with Crippen LogP contribution in [0.25, 0.3) is 10.8 Å². The third kappa shape index (κ3) is 5.07. The number of carbonyl (C=O) groups excluding carboxylic acids is 1. The molecule has 23 heavy (non-hydrogen) atoms. The number of ether oxygens (including phenoxy) is 1. The summed E-state index contributed by atoms with van der Waals surface area (Å²) in [5.74, 6) is 0.0957. The molecule has 0 aliphatic rings. The van der Waals surface area contributed by atoms with E-state index in [9.17, 15) is 18.0 Å². The molecule has 0 bridgehead atoms. The van der Waals surface area contributed by atoms with Gasteiger partial charge in [0.05, 0.1) is 12.9 Å². The Hall–Kier alpha value is -1.87.